The Balaban J connectivity index is 0.00000151. The van der Waals surface area contributed by atoms with Gasteiger partial charge >= 0.3 is 12.1 Å². The SMILES string of the molecule is CF.O=C(O)CCC1CCN(c2cc(C(F)F)cc(C(F)(F)F)c2)C1. The van der Waals surface area contributed by atoms with Crippen LogP contribution in [-0.2, 0) is 11.0 Å². The maximum Gasteiger partial charge on any atom is 0.416 e. The number of nitrogens with zero attached hydrogens (tertiary/aromatic N) is 1. The summed E-state index contributed by atoms with van der Waals surface area (Å²) in [6.07, 6.45) is -6.63. The molecule has 3 nitrogen and oxygen atoms in total. The molecule has 1 heterocycles. The van der Waals surface area contributed by atoms with Crippen molar-refractivity contribution in [3.63, 3.8) is 0 Å². The second-order valence-corrected chi connectivity index (χ2v) is 5.64. The van der Waals surface area contributed by atoms with Gasteiger partial charge in [0.1, 0.15) is 0 Å². The average Bonchev–Trinajstić information content (AvgIpc) is 3.02. The van der Waals surface area contributed by atoms with Crippen LogP contribution in [0.5, 0.6) is 0 Å². The van der Waals surface area contributed by atoms with Crippen LogP contribution >= 0.6 is 0 Å². The highest BCUT2D eigenvalue weighted by atomic mass is 19.4. The summed E-state index contributed by atoms with van der Waals surface area (Å²) in [6.45, 7) is 0.797. The molecule has 1 saturated heterocycles. The van der Waals surface area contributed by atoms with Gasteiger partial charge in [-0.25, -0.2) is 8.78 Å². The Morgan fingerprint density at radius 2 is 1.92 bits per heavy atom. The molecule has 1 atom stereocenters. The fraction of sp³-hybridized carbons (Fsp3) is 0.562. The number of hydrogen-bond donors (Lipinski definition) is 1. The van der Waals surface area contributed by atoms with Gasteiger partial charge in [-0.1, -0.05) is 0 Å². The molecule has 1 aliphatic heterocycles. The Hall–Kier alpha value is -1.93. The molecule has 0 saturated carbocycles. The van der Waals surface area contributed by atoms with Crippen molar-refractivity contribution >= 4 is 11.7 Å². The van der Waals surface area contributed by atoms with Gasteiger partial charge in [0, 0.05) is 30.8 Å². The first kappa shape index (κ1) is 21.1. The van der Waals surface area contributed by atoms with Gasteiger partial charge in [-0.3, -0.25) is 9.18 Å². The number of rotatable bonds is 5. The molecule has 0 amide bonds. The smallest absolute Gasteiger partial charge is 0.416 e. The average molecular weight is 371 g/mol. The van der Waals surface area contributed by atoms with Crippen molar-refractivity contribution in [1.82, 2.24) is 0 Å². The van der Waals surface area contributed by atoms with Crippen LogP contribution in [0.4, 0.5) is 32.0 Å². The first-order valence-electron chi connectivity index (χ1n) is 7.51. The monoisotopic (exact) mass is 371 g/mol. The van der Waals surface area contributed by atoms with Gasteiger partial charge in [-0.15, -0.1) is 0 Å². The number of carboxylic acids is 1. The second-order valence-electron chi connectivity index (χ2n) is 5.64. The zero-order valence-corrected chi connectivity index (χ0v) is 13.5. The minimum absolute atomic E-state index is 0.0105. The highest BCUT2D eigenvalue weighted by Crippen LogP contribution is 2.37. The largest absolute Gasteiger partial charge is 0.481 e. The number of aliphatic carboxylic acids is 1. The molecule has 25 heavy (non-hydrogen) atoms. The van der Waals surface area contributed by atoms with Crippen LogP contribution in [0.1, 0.15) is 36.8 Å². The molecule has 1 unspecified atom stereocenters. The summed E-state index contributed by atoms with van der Waals surface area (Å²) in [7, 11) is 0.500. The van der Waals surface area contributed by atoms with E-state index in [9.17, 15) is 31.1 Å². The van der Waals surface area contributed by atoms with Gasteiger partial charge in [0.2, 0.25) is 0 Å². The number of halogens is 6. The molecule has 9 heteroatoms. The molecular formula is C16H19F6NO2. The number of benzene rings is 1. The Kier molecular flexibility index (Phi) is 7.57. The van der Waals surface area contributed by atoms with Crippen molar-refractivity contribution < 1.29 is 36.2 Å². The van der Waals surface area contributed by atoms with Gasteiger partial charge in [0.05, 0.1) is 12.7 Å². The Labute approximate surface area is 141 Å². The lowest BCUT2D eigenvalue weighted by atomic mass is 10.0. The Morgan fingerprint density at radius 1 is 1.28 bits per heavy atom. The van der Waals surface area contributed by atoms with Gasteiger partial charge in [-0.05, 0) is 37.0 Å². The molecule has 1 aliphatic rings. The van der Waals surface area contributed by atoms with Gasteiger partial charge in [-0.2, -0.15) is 13.2 Å². The first-order valence-corrected chi connectivity index (χ1v) is 7.51. The van der Waals surface area contributed by atoms with E-state index in [1.807, 2.05) is 0 Å². The number of alkyl halides is 6. The first-order chi connectivity index (χ1) is 11.7. The van der Waals surface area contributed by atoms with E-state index in [4.69, 9.17) is 5.11 Å². The van der Waals surface area contributed by atoms with E-state index >= 15 is 0 Å². The third-order valence-corrected chi connectivity index (χ3v) is 3.94. The molecule has 2 rings (SSSR count). The van der Waals surface area contributed by atoms with Crippen molar-refractivity contribution in [1.29, 1.82) is 0 Å². The normalized spacial score (nSPS) is 17.4. The van der Waals surface area contributed by atoms with Crippen molar-refractivity contribution in [3.05, 3.63) is 29.3 Å². The lowest BCUT2D eigenvalue weighted by Crippen LogP contribution is -2.21. The number of carbonyl (C=O) groups is 1. The highest BCUT2D eigenvalue weighted by Gasteiger charge is 2.33. The second kappa shape index (κ2) is 8.96. The minimum Gasteiger partial charge on any atom is -0.481 e. The highest BCUT2D eigenvalue weighted by molar-refractivity contribution is 5.66. The van der Waals surface area contributed by atoms with E-state index in [1.54, 1.807) is 4.90 Å². The molecule has 142 valence electrons. The minimum atomic E-state index is -4.69. The van der Waals surface area contributed by atoms with Crippen LogP contribution in [0.25, 0.3) is 0 Å². The molecule has 1 fully saturated rings. The Bertz CT molecular complexity index is 576. The molecule has 1 aromatic rings. The molecule has 1 aromatic carbocycles. The summed E-state index contributed by atoms with van der Waals surface area (Å²) in [5, 5.41) is 8.66. The quantitative estimate of drug-likeness (QED) is 0.747. The third-order valence-electron chi connectivity index (χ3n) is 3.94. The number of carboxylic acid groups (broad SMARTS) is 1. The zero-order chi connectivity index (χ0) is 19.2. The summed E-state index contributed by atoms with van der Waals surface area (Å²) < 4.78 is 73.7. The van der Waals surface area contributed by atoms with E-state index in [0.717, 1.165) is 12.1 Å². The summed E-state index contributed by atoms with van der Waals surface area (Å²) in [6, 6.07) is 2.40. The van der Waals surface area contributed by atoms with Gasteiger partial charge < -0.3 is 10.0 Å². The number of anilines is 1. The fourth-order valence-corrected chi connectivity index (χ4v) is 2.74. The molecular weight excluding hydrogens is 352 g/mol. The molecule has 0 spiro atoms. The van der Waals surface area contributed by atoms with Crippen molar-refractivity contribution in [2.45, 2.75) is 31.9 Å². The van der Waals surface area contributed by atoms with Gasteiger partial charge in [0.15, 0.2) is 0 Å². The molecule has 1 N–H and O–H groups in total. The van der Waals surface area contributed by atoms with Crippen LogP contribution < -0.4 is 4.90 Å². The Morgan fingerprint density at radius 3 is 2.44 bits per heavy atom. The van der Waals surface area contributed by atoms with Crippen LogP contribution in [0, 0.1) is 5.92 Å². The van der Waals surface area contributed by atoms with Crippen molar-refractivity contribution in [2.75, 3.05) is 25.2 Å². The zero-order valence-electron chi connectivity index (χ0n) is 13.5. The van der Waals surface area contributed by atoms with Crippen molar-refractivity contribution in [2.24, 2.45) is 5.92 Å². The van der Waals surface area contributed by atoms with E-state index < -0.39 is 29.7 Å². The van der Waals surface area contributed by atoms with Crippen LogP contribution in [0.15, 0.2) is 18.2 Å². The predicted molar refractivity (Wildman–Crippen MR) is 80.6 cm³/mol. The molecule has 0 radical (unpaired) electrons. The van der Waals surface area contributed by atoms with Crippen LogP contribution in [0.3, 0.4) is 0 Å². The van der Waals surface area contributed by atoms with Crippen LogP contribution in [0.2, 0.25) is 0 Å². The van der Waals surface area contributed by atoms with E-state index in [-0.39, 0.29) is 18.0 Å². The van der Waals surface area contributed by atoms with E-state index in [1.165, 1.54) is 0 Å². The lowest BCUT2D eigenvalue weighted by molar-refractivity contribution is -0.138. The summed E-state index contributed by atoms with van der Waals surface area (Å²) >= 11 is 0. The standard InChI is InChI=1S/C15H16F5NO2.CH3F/c16-14(17)10-5-11(15(18,19)20)7-12(6-10)21-4-3-9(8-21)1-2-13(22)23;1-2/h5-7,9,14H,1-4,8H2,(H,22,23);1H3. The summed E-state index contributed by atoms with van der Waals surface area (Å²) in [5.41, 5.74) is -1.66. The van der Waals surface area contributed by atoms with Gasteiger partial charge in [0.25, 0.3) is 6.43 Å². The third kappa shape index (κ3) is 6.13. The molecule has 0 aromatic heterocycles. The molecule has 0 aliphatic carbocycles. The van der Waals surface area contributed by atoms with Crippen LogP contribution in [-0.4, -0.2) is 31.3 Å². The fourth-order valence-electron chi connectivity index (χ4n) is 2.74. The number of hydrogen-bond acceptors (Lipinski definition) is 2. The maximum absolute atomic E-state index is 12.9. The topological polar surface area (TPSA) is 40.5 Å². The van der Waals surface area contributed by atoms with E-state index in [2.05, 4.69) is 0 Å². The summed E-state index contributed by atoms with van der Waals surface area (Å²) in [4.78, 5) is 12.2. The lowest BCUT2D eigenvalue weighted by Gasteiger charge is -2.21. The molecule has 0 bridgehead atoms. The van der Waals surface area contributed by atoms with Crippen molar-refractivity contribution in [3.8, 4) is 0 Å². The maximum atomic E-state index is 12.9. The van der Waals surface area contributed by atoms with E-state index in [0.29, 0.717) is 39.2 Å². The predicted octanol–water partition coefficient (Wildman–Crippen LogP) is 4.92. The summed E-state index contributed by atoms with van der Waals surface area (Å²) in [5.74, 6) is -0.891.